The Labute approximate surface area is 93.6 Å². The van der Waals surface area contributed by atoms with Crippen LogP contribution in [0.2, 0.25) is 0 Å². The molecule has 0 atom stereocenters. The molecule has 1 aromatic carbocycles. The molecular formula is C11H13ClN2O. The third-order valence-electron chi connectivity index (χ3n) is 2.38. The van der Waals surface area contributed by atoms with Gasteiger partial charge in [-0.15, -0.1) is 11.6 Å². The number of alkyl halides is 1. The number of ether oxygens (including phenoxy) is 1. The third-order valence-corrected chi connectivity index (χ3v) is 2.61. The minimum atomic E-state index is 0.426. The molecule has 0 aliphatic rings. The van der Waals surface area contributed by atoms with Gasteiger partial charge in [-0.05, 0) is 19.1 Å². The fourth-order valence-electron chi connectivity index (χ4n) is 1.61. The molecule has 0 aliphatic carbocycles. The summed E-state index contributed by atoms with van der Waals surface area (Å²) in [5, 5.41) is 0. The van der Waals surface area contributed by atoms with Crippen LogP contribution in [0, 0.1) is 0 Å². The van der Waals surface area contributed by atoms with Crippen molar-refractivity contribution in [3.63, 3.8) is 0 Å². The zero-order valence-corrected chi connectivity index (χ0v) is 9.58. The van der Waals surface area contributed by atoms with Crippen LogP contribution >= 0.6 is 11.6 Å². The van der Waals surface area contributed by atoms with E-state index in [1.165, 1.54) is 0 Å². The van der Waals surface area contributed by atoms with E-state index in [1.807, 2.05) is 36.7 Å². The van der Waals surface area contributed by atoms with E-state index in [2.05, 4.69) is 4.98 Å². The molecule has 0 amide bonds. The molecule has 1 heterocycles. The summed E-state index contributed by atoms with van der Waals surface area (Å²) < 4.78 is 7.41. The van der Waals surface area contributed by atoms with Crippen LogP contribution in [0.3, 0.4) is 0 Å². The Balaban J connectivity index is 2.53. The highest BCUT2D eigenvalue weighted by molar-refractivity contribution is 6.16. The second-order valence-corrected chi connectivity index (χ2v) is 3.57. The number of nitrogens with zero attached hydrogens (tertiary/aromatic N) is 2. The molecule has 15 heavy (non-hydrogen) atoms. The summed E-state index contributed by atoms with van der Waals surface area (Å²) in [5.74, 6) is 2.15. The summed E-state index contributed by atoms with van der Waals surface area (Å²) in [6, 6.07) is 5.89. The molecule has 1 aromatic heterocycles. The number of hydrogen-bond acceptors (Lipinski definition) is 2. The van der Waals surface area contributed by atoms with Crippen molar-refractivity contribution >= 4 is 22.6 Å². The minimum Gasteiger partial charge on any atom is -0.494 e. The van der Waals surface area contributed by atoms with Crippen molar-refractivity contribution < 1.29 is 4.74 Å². The Hall–Kier alpha value is -1.22. The predicted octanol–water partition coefficient (Wildman–Crippen LogP) is 2.71. The average molecular weight is 225 g/mol. The predicted molar refractivity (Wildman–Crippen MR) is 61.4 cm³/mol. The molecule has 0 fully saturated rings. The summed E-state index contributed by atoms with van der Waals surface area (Å²) in [4.78, 5) is 4.42. The molecule has 0 radical (unpaired) electrons. The van der Waals surface area contributed by atoms with Crippen LogP contribution < -0.4 is 4.74 Å². The number of halogens is 1. The smallest absolute Gasteiger partial charge is 0.124 e. The molecular weight excluding hydrogens is 212 g/mol. The lowest BCUT2D eigenvalue weighted by molar-refractivity contribution is 0.340. The van der Waals surface area contributed by atoms with Crippen LogP contribution in [0.4, 0.5) is 0 Å². The highest BCUT2D eigenvalue weighted by Crippen LogP contribution is 2.21. The van der Waals surface area contributed by atoms with Gasteiger partial charge in [0.05, 0.1) is 23.5 Å². The summed E-state index contributed by atoms with van der Waals surface area (Å²) in [6.07, 6.45) is 0. The Bertz CT molecular complexity index is 479. The van der Waals surface area contributed by atoms with E-state index >= 15 is 0 Å². The Morgan fingerprint density at radius 3 is 2.93 bits per heavy atom. The second kappa shape index (κ2) is 4.11. The number of rotatable bonds is 3. The zero-order valence-electron chi connectivity index (χ0n) is 8.83. The van der Waals surface area contributed by atoms with E-state index in [1.54, 1.807) is 0 Å². The van der Waals surface area contributed by atoms with Crippen molar-refractivity contribution in [1.29, 1.82) is 0 Å². The van der Waals surface area contributed by atoms with Crippen LogP contribution in [-0.2, 0) is 12.9 Å². The van der Waals surface area contributed by atoms with E-state index < -0.39 is 0 Å². The number of aryl methyl sites for hydroxylation is 1. The maximum Gasteiger partial charge on any atom is 0.124 e. The van der Waals surface area contributed by atoms with E-state index in [9.17, 15) is 0 Å². The molecule has 0 unspecified atom stereocenters. The number of imidazole rings is 1. The quantitative estimate of drug-likeness (QED) is 0.750. The molecule has 0 aliphatic heterocycles. The summed E-state index contributed by atoms with van der Waals surface area (Å²) in [6.45, 7) is 2.63. The third kappa shape index (κ3) is 1.79. The van der Waals surface area contributed by atoms with Gasteiger partial charge in [0.1, 0.15) is 11.6 Å². The lowest BCUT2D eigenvalue weighted by atomic mass is 10.3. The van der Waals surface area contributed by atoms with Gasteiger partial charge in [0.25, 0.3) is 0 Å². The Morgan fingerprint density at radius 2 is 2.27 bits per heavy atom. The lowest BCUT2D eigenvalue weighted by Crippen LogP contribution is -1.93. The normalized spacial score (nSPS) is 10.9. The molecule has 0 saturated carbocycles. The first-order valence-corrected chi connectivity index (χ1v) is 5.43. The van der Waals surface area contributed by atoms with Gasteiger partial charge in [-0.1, -0.05) is 0 Å². The molecule has 0 N–H and O–H groups in total. The molecule has 80 valence electrons. The molecule has 4 heteroatoms. The van der Waals surface area contributed by atoms with Gasteiger partial charge in [0.2, 0.25) is 0 Å². The van der Waals surface area contributed by atoms with Crippen molar-refractivity contribution in [2.75, 3.05) is 6.61 Å². The van der Waals surface area contributed by atoms with Gasteiger partial charge in [0, 0.05) is 13.1 Å². The molecule has 2 aromatic rings. The van der Waals surface area contributed by atoms with Crippen molar-refractivity contribution in [3.05, 3.63) is 24.0 Å². The van der Waals surface area contributed by atoms with Crippen molar-refractivity contribution in [1.82, 2.24) is 9.55 Å². The summed E-state index contributed by atoms with van der Waals surface area (Å²) in [5.41, 5.74) is 2.01. The van der Waals surface area contributed by atoms with Crippen LogP contribution in [-0.4, -0.2) is 16.2 Å². The van der Waals surface area contributed by atoms with Crippen molar-refractivity contribution in [2.24, 2.45) is 7.05 Å². The number of aromatic nitrogens is 2. The molecule has 0 spiro atoms. The van der Waals surface area contributed by atoms with E-state index in [0.717, 1.165) is 22.6 Å². The topological polar surface area (TPSA) is 27.1 Å². The first kappa shape index (κ1) is 10.3. The maximum absolute atomic E-state index is 5.79. The number of fused-ring (bicyclic) bond motifs is 1. The van der Waals surface area contributed by atoms with Gasteiger partial charge >= 0.3 is 0 Å². The number of benzene rings is 1. The highest BCUT2D eigenvalue weighted by Gasteiger charge is 2.07. The zero-order chi connectivity index (χ0) is 10.8. The van der Waals surface area contributed by atoms with Gasteiger partial charge in [-0.3, -0.25) is 0 Å². The van der Waals surface area contributed by atoms with Crippen molar-refractivity contribution in [3.8, 4) is 5.75 Å². The monoisotopic (exact) mass is 224 g/mol. The molecule has 3 nitrogen and oxygen atoms in total. The lowest BCUT2D eigenvalue weighted by Gasteiger charge is -2.02. The van der Waals surface area contributed by atoms with Gasteiger partial charge in [-0.25, -0.2) is 4.98 Å². The first-order chi connectivity index (χ1) is 7.26. The fraction of sp³-hybridized carbons (Fsp3) is 0.364. The van der Waals surface area contributed by atoms with Gasteiger partial charge < -0.3 is 9.30 Å². The van der Waals surface area contributed by atoms with E-state index in [-0.39, 0.29) is 0 Å². The Kier molecular flexibility index (Phi) is 2.82. The first-order valence-electron chi connectivity index (χ1n) is 4.90. The molecule has 0 bridgehead atoms. The standard InChI is InChI=1S/C11H13ClN2O/c1-3-15-8-4-5-10-9(6-8)13-11(7-12)14(10)2/h4-6H,3,7H2,1-2H3. The molecule has 2 rings (SSSR count). The highest BCUT2D eigenvalue weighted by atomic mass is 35.5. The SMILES string of the molecule is CCOc1ccc2c(c1)nc(CCl)n2C. The summed E-state index contributed by atoms with van der Waals surface area (Å²) in [7, 11) is 1.97. The van der Waals surface area contributed by atoms with Crippen LogP contribution in [0.1, 0.15) is 12.7 Å². The van der Waals surface area contributed by atoms with Gasteiger partial charge in [0.15, 0.2) is 0 Å². The fourth-order valence-corrected chi connectivity index (χ4v) is 1.84. The Morgan fingerprint density at radius 1 is 1.47 bits per heavy atom. The maximum atomic E-state index is 5.79. The van der Waals surface area contributed by atoms with Gasteiger partial charge in [-0.2, -0.15) is 0 Å². The second-order valence-electron chi connectivity index (χ2n) is 3.30. The average Bonchev–Trinajstić information content (AvgIpc) is 2.56. The van der Waals surface area contributed by atoms with E-state index in [0.29, 0.717) is 12.5 Å². The van der Waals surface area contributed by atoms with Crippen LogP contribution in [0.15, 0.2) is 18.2 Å². The van der Waals surface area contributed by atoms with Crippen LogP contribution in [0.25, 0.3) is 11.0 Å². The minimum absolute atomic E-state index is 0.426. The van der Waals surface area contributed by atoms with Crippen LogP contribution in [0.5, 0.6) is 5.75 Å². The largest absolute Gasteiger partial charge is 0.494 e. The molecule has 0 saturated heterocycles. The van der Waals surface area contributed by atoms with Crippen molar-refractivity contribution in [2.45, 2.75) is 12.8 Å². The summed E-state index contributed by atoms with van der Waals surface area (Å²) >= 11 is 5.79. The van der Waals surface area contributed by atoms with E-state index in [4.69, 9.17) is 16.3 Å². The number of hydrogen-bond donors (Lipinski definition) is 0.